The zero-order valence-electron chi connectivity index (χ0n) is 19.1. The average Bonchev–Trinajstić information content (AvgIpc) is 2.88. The van der Waals surface area contributed by atoms with Crippen LogP contribution in [0.3, 0.4) is 0 Å². The molecular formula is C27H28N4O4. The SMILES string of the molecule is O=C1CNC(=O)[C@H](Cc2ccc(O)cc2)NC(=O)[C@@H]([C@@H](Nc2ccccc2)c2ccccc2)CN1. The fourth-order valence-electron chi connectivity index (χ4n) is 4.09. The molecule has 3 amide bonds. The maximum absolute atomic E-state index is 13.6. The van der Waals surface area contributed by atoms with Gasteiger partial charge in [-0.25, -0.2) is 0 Å². The molecule has 4 rings (SSSR count). The summed E-state index contributed by atoms with van der Waals surface area (Å²) >= 11 is 0. The number of phenols is 1. The van der Waals surface area contributed by atoms with E-state index in [2.05, 4.69) is 21.3 Å². The van der Waals surface area contributed by atoms with E-state index in [4.69, 9.17) is 0 Å². The molecule has 8 nitrogen and oxygen atoms in total. The largest absolute Gasteiger partial charge is 0.508 e. The molecule has 0 spiro atoms. The second-order valence-corrected chi connectivity index (χ2v) is 8.46. The highest BCUT2D eigenvalue weighted by atomic mass is 16.3. The summed E-state index contributed by atoms with van der Waals surface area (Å²) in [6.45, 7) is -0.0958. The van der Waals surface area contributed by atoms with Crippen LogP contribution in [0.2, 0.25) is 0 Å². The van der Waals surface area contributed by atoms with Gasteiger partial charge in [0.05, 0.1) is 18.5 Å². The molecule has 8 heteroatoms. The van der Waals surface area contributed by atoms with Gasteiger partial charge in [0, 0.05) is 18.7 Å². The summed E-state index contributed by atoms with van der Waals surface area (Å²) in [6, 6.07) is 24.2. The van der Waals surface area contributed by atoms with Crippen molar-refractivity contribution < 1.29 is 19.5 Å². The number of amides is 3. The minimum atomic E-state index is -0.881. The number of anilines is 1. The number of benzene rings is 3. The molecule has 1 aliphatic heterocycles. The minimum absolute atomic E-state index is 0.0891. The highest BCUT2D eigenvalue weighted by Crippen LogP contribution is 2.27. The number of hydrogen-bond acceptors (Lipinski definition) is 5. The van der Waals surface area contributed by atoms with E-state index in [9.17, 15) is 19.5 Å². The Morgan fingerprint density at radius 2 is 1.49 bits per heavy atom. The Hall–Kier alpha value is -4.33. The average molecular weight is 473 g/mol. The molecule has 0 unspecified atom stereocenters. The molecule has 0 aliphatic carbocycles. The van der Waals surface area contributed by atoms with Gasteiger partial charge in [0.25, 0.3) is 0 Å². The van der Waals surface area contributed by atoms with Crippen LogP contribution in [0.1, 0.15) is 17.2 Å². The van der Waals surface area contributed by atoms with Gasteiger partial charge in [0.1, 0.15) is 11.8 Å². The van der Waals surface area contributed by atoms with Crippen LogP contribution < -0.4 is 21.3 Å². The quantitative estimate of drug-likeness (QED) is 0.377. The van der Waals surface area contributed by atoms with Crippen LogP contribution in [-0.2, 0) is 20.8 Å². The molecule has 1 aliphatic rings. The Bertz CT molecular complexity index is 1150. The summed E-state index contributed by atoms with van der Waals surface area (Å²) < 4.78 is 0. The number of phenolic OH excluding ortho intramolecular Hbond substituents is 1. The smallest absolute Gasteiger partial charge is 0.243 e. The summed E-state index contributed by atoms with van der Waals surface area (Å²) in [5, 5.41) is 21.3. The van der Waals surface area contributed by atoms with Crippen molar-refractivity contribution in [2.24, 2.45) is 5.92 Å². The standard InChI is InChI=1S/C27H28N4O4/c32-21-13-11-18(12-14-21)15-23-27(35)29-17-24(33)28-16-22(26(34)31-23)25(19-7-3-1-4-8-19)30-20-9-5-2-6-10-20/h1-14,22-23,25,30,32H,15-17H2,(H,28,33)(H,29,35)(H,31,34)/t22-,23+,25+/m1/s1. The third kappa shape index (κ3) is 6.38. The van der Waals surface area contributed by atoms with E-state index in [-0.39, 0.29) is 37.1 Å². The molecule has 1 saturated heterocycles. The number of hydrogen-bond donors (Lipinski definition) is 5. The number of carbonyl (C=O) groups excluding carboxylic acids is 3. The number of aromatic hydroxyl groups is 1. The van der Waals surface area contributed by atoms with Crippen molar-refractivity contribution in [1.82, 2.24) is 16.0 Å². The van der Waals surface area contributed by atoms with Crippen LogP contribution in [-0.4, -0.2) is 42.0 Å². The Morgan fingerprint density at radius 3 is 2.17 bits per heavy atom. The predicted molar refractivity (Wildman–Crippen MR) is 132 cm³/mol. The zero-order chi connectivity index (χ0) is 24.6. The topological polar surface area (TPSA) is 120 Å². The van der Waals surface area contributed by atoms with Crippen molar-refractivity contribution >= 4 is 23.4 Å². The lowest BCUT2D eigenvalue weighted by molar-refractivity contribution is -0.133. The van der Waals surface area contributed by atoms with Crippen LogP contribution >= 0.6 is 0 Å². The first-order valence-corrected chi connectivity index (χ1v) is 11.5. The van der Waals surface area contributed by atoms with Gasteiger partial charge in [-0.1, -0.05) is 60.7 Å². The van der Waals surface area contributed by atoms with Gasteiger partial charge in [0.15, 0.2) is 0 Å². The molecule has 5 N–H and O–H groups in total. The second kappa shape index (κ2) is 11.2. The van der Waals surface area contributed by atoms with Crippen molar-refractivity contribution in [2.45, 2.75) is 18.5 Å². The summed E-state index contributed by atoms with van der Waals surface area (Å²) in [6.07, 6.45) is 0.217. The van der Waals surface area contributed by atoms with Crippen molar-refractivity contribution in [3.63, 3.8) is 0 Å². The summed E-state index contributed by atoms with van der Waals surface area (Å²) in [5.41, 5.74) is 2.47. The summed E-state index contributed by atoms with van der Waals surface area (Å²) in [7, 11) is 0. The molecule has 180 valence electrons. The molecule has 3 aromatic rings. The van der Waals surface area contributed by atoms with Crippen molar-refractivity contribution in [3.8, 4) is 5.75 Å². The van der Waals surface area contributed by atoms with E-state index in [1.807, 2.05) is 60.7 Å². The minimum Gasteiger partial charge on any atom is -0.508 e. The highest BCUT2D eigenvalue weighted by molar-refractivity contribution is 5.92. The molecule has 35 heavy (non-hydrogen) atoms. The van der Waals surface area contributed by atoms with Gasteiger partial charge in [-0.15, -0.1) is 0 Å². The monoisotopic (exact) mass is 472 g/mol. The Labute approximate surface area is 203 Å². The molecule has 0 radical (unpaired) electrons. The maximum atomic E-state index is 13.6. The third-order valence-corrected chi connectivity index (χ3v) is 5.95. The number of para-hydroxylation sites is 1. The molecule has 0 bridgehead atoms. The number of rotatable bonds is 6. The molecule has 3 aromatic carbocycles. The van der Waals surface area contributed by atoms with Gasteiger partial charge < -0.3 is 26.4 Å². The number of nitrogens with one attached hydrogen (secondary N) is 4. The van der Waals surface area contributed by atoms with Crippen LogP contribution in [0, 0.1) is 5.92 Å². The molecule has 1 heterocycles. The zero-order valence-corrected chi connectivity index (χ0v) is 19.1. The first-order valence-electron chi connectivity index (χ1n) is 11.5. The van der Waals surface area contributed by atoms with E-state index in [1.165, 1.54) is 12.1 Å². The van der Waals surface area contributed by atoms with Gasteiger partial charge in [0.2, 0.25) is 17.7 Å². The summed E-state index contributed by atoms with van der Waals surface area (Å²) in [5.74, 6) is -1.76. The van der Waals surface area contributed by atoms with E-state index in [1.54, 1.807) is 12.1 Å². The van der Waals surface area contributed by atoms with Gasteiger partial charge in [-0.3, -0.25) is 14.4 Å². The van der Waals surface area contributed by atoms with E-state index in [0.29, 0.717) is 0 Å². The fourth-order valence-corrected chi connectivity index (χ4v) is 4.09. The maximum Gasteiger partial charge on any atom is 0.243 e. The first kappa shape index (κ1) is 23.8. The third-order valence-electron chi connectivity index (χ3n) is 5.95. The van der Waals surface area contributed by atoms with Crippen LogP contribution in [0.15, 0.2) is 84.9 Å². The molecule has 0 aromatic heterocycles. The Kier molecular flexibility index (Phi) is 7.62. The van der Waals surface area contributed by atoms with Crippen molar-refractivity contribution in [2.75, 3.05) is 18.4 Å². The van der Waals surface area contributed by atoms with Gasteiger partial charge in [-0.05, 0) is 35.4 Å². The van der Waals surface area contributed by atoms with E-state index < -0.39 is 23.9 Å². The number of carbonyl (C=O) groups is 3. The van der Waals surface area contributed by atoms with Gasteiger partial charge >= 0.3 is 0 Å². The van der Waals surface area contributed by atoms with E-state index >= 15 is 0 Å². The summed E-state index contributed by atoms with van der Waals surface area (Å²) in [4.78, 5) is 38.9. The molecule has 0 saturated carbocycles. The van der Waals surface area contributed by atoms with E-state index in [0.717, 1.165) is 16.8 Å². The lowest BCUT2D eigenvalue weighted by atomic mass is 9.90. The molecule has 1 fully saturated rings. The van der Waals surface area contributed by atoms with Crippen LogP contribution in [0.5, 0.6) is 5.75 Å². The van der Waals surface area contributed by atoms with Crippen LogP contribution in [0.25, 0.3) is 0 Å². The predicted octanol–water partition coefficient (Wildman–Crippen LogP) is 2.14. The fraction of sp³-hybridized carbons (Fsp3) is 0.222. The highest BCUT2D eigenvalue weighted by Gasteiger charge is 2.34. The van der Waals surface area contributed by atoms with Gasteiger partial charge in [-0.2, -0.15) is 0 Å². The second-order valence-electron chi connectivity index (χ2n) is 8.46. The first-order chi connectivity index (χ1) is 17.0. The van der Waals surface area contributed by atoms with Crippen molar-refractivity contribution in [3.05, 3.63) is 96.1 Å². The van der Waals surface area contributed by atoms with Crippen molar-refractivity contribution in [1.29, 1.82) is 0 Å². The lowest BCUT2D eigenvalue weighted by Gasteiger charge is -2.31. The Morgan fingerprint density at radius 1 is 0.829 bits per heavy atom. The normalized spacial score (nSPS) is 19.6. The van der Waals surface area contributed by atoms with Crippen LogP contribution in [0.4, 0.5) is 5.69 Å². The molecular weight excluding hydrogens is 444 g/mol. The lowest BCUT2D eigenvalue weighted by Crippen LogP contribution is -2.55. The Balaban J connectivity index is 1.64. The molecule has 3 atom stereocenters.